The summed E-state index contributed by atoms with van der Waals surface area (Å²) in [4.78, 5) is 23.0. The Morgan fingerprint density at radius 1 is 1.20 bits per heavy atom. The molecule has 1 heterocycles. The lowest BCUT2D eigenvalue weighted by molar-refractivity contribution is -0.134. The smallest absolute Gasteiger partial charge is 0.330 e. The molecule has 0 spiro atoms. The molecule has 3 rings (SSSR count). The van der Waals surface area contributed by atoms with E-state index in [1.54, 1.807) is 6.08 Å². The third-order valence-electron chi connectivity index (χ3n) is 3.93. The minimum absolute atomic E-state index is 0.440. The lowest BCUT2D eigenvalue weighted by Gasteiger charge is -2.07. The molecule has 0 aliphatic carbocycles. The SMILES string of the molecule is COC(=O)/C=C/c1cc(Br)cc2c1c(C=O)cn2Cc1ccccc1. The molecule has 0 fully saturated rings. The number of rotatable bonds is 5. The zero-order valence-corrected chi connectivity index (χ0v) is 15.2. The van der Waals surface area contributed by atoms with Gasteiger partial charge in [-0.2, -0.15) is 0 Å². The molecule has 0 saturated carbocycles. The Morgan fingerprint density at radius 3 is 2.64 bits per heavy atom. The summed E-state index contributed by atoms with van der Waals surface area (Å²) >= 11 is 3.51. The predicted molar refractivity (Wildman–Crippen MR) is 102 cm³/mol. The molecule has 3 aromatic rings. The number of esters is 1. The molecule has 25 heavy (non-hydrogen) atoms. The molecule has 0 unspecified atom stereocenters. The van der Waals surface area contributed by atoms with Crippen molar-refractivity contribution in [2.45, 2.75) is 6.54 Å². The van der Waals surface area contributed by atoms with Crippen LogP contribution in [-0.4, -0.2) is 23.9 Å². The van der Waals surface area contributed by atoms with Crippen molar-refractivity contribution in [1.29, 1.82) is 0 Å². The molecule has 2 aromatic carbocycles. The molecule has 0 atom stereocenters. The van der Waals surface area contributed by atoms with Crippen LogP contribution < -0.4 is 0 Å². The molecule has 0 radical (unpaired) electrons. The zero-order chi connectivity index (χ0) is 17.8. The van der Waals surface area contributed by atoms with Crippen molar-refractivity contribution in [1.82, 2.24) is 4.57 Å². The van der Waals surface area contributed by atoms with E-state index < -0.39 is 5.97 Å². The number of carbonyl (C=O) groups excluding carboxylic acids is 2. The maximum absolute atomic E-state index is 11.6. The molecule has 0 saturated heterocycles. The van der Waals surface area contributed by atoms with Gasteiger partial charge in [0.2, 0.25) is 0 Å². The van der Waals surface area contributed by atoms with E-state index >= 15 is 0 Å². The number of halogens is 1. The quantitative estimate of drug-likeness (QED) is 0.363. The first-order chi connectivity index (χ1) is 12.1. The van der Waals surface area contributed by atoms with E-state index in [0.717, 1.165) is 32.8 Å². The summed E-state index contributed by atoms with van der Waals surface area (Å²) in [6.45, 7) is 0.655. The highest BCUT2D eigenvalue weighted by atomic mass is 79.9. The lowest BCUT2D eigenvalue weighted by atomic mass is 10.1. The summed E-state index contributed by atoms with van der Waals surface area (Å²) in [5.41, 5.74) is 3.43. The van der Waals surface area contributed by atoms with Gasteiger partial charge in [0.05, 0.1) is 12.6 Å². The highest BCUT2D eigenvalue weighted by Crippen LogP contribution is 2.30. The Hall–Kier alpha value is -2.66. The van der Waals surface area contributed by atoms with Crippen LogP contribution in [0, 0.1) is 0 Å². The van der Waals surface area contributed by atoms with Crippen LogP contribution in [0.25, 0.3) is 17.0 Å². The topological polar surface area (TPSA) is 48.3 Å². The maximum Gasteiger partial charge on any atom is 0.330 e. The maximum atomic E-state index is 11.6. The number of fused-ring (bicyclic) bond motifs is 1. The van der Waals surface area contributed by atoms with Crippen LogP contribution in [0.4, 0.5) is 0 Å². The Morgan fingerprint density at radius 2 is 1.96 bits per heavy atom. The number of ether oxygens (including phenoxy) is 1. The van der Waals surface area contributed by atoms with E-state index in [1.165, 1.54) is 13.2 Å². The van der Waals surface area contributed by atoms with Crippen LogP contribution in [0.1, 0.15) is 21.5 Å². The normalized spacial score (nSPS) is 11.1. The lowest BCUT2D eigenvalue weighted by Crippen LogP contribution is -1.97. The molecule has 126 valence electrons. The predicted octanol–water partition coefficient (Wildman–Crippen LogP) is 4.45. The third kappa shape index (κ3) is 3.72. The molecule has 0 N–H and O–H groups in total. The highest BCUT2D eigenvalue weighted by Gasteiger charge is 2.13. The van der Waals surface area contributed by atoms with Gasteiger partial charge in [0.15, 0.2) is 6.29 Å². The summed E-state index contributed by atoms with van der Waals surface area (Å²) in [5, 5.41) is 0.814. The van der Waals surface area contributed by atoms with Crippen LogP contribution in [0.15, 0.2) is 59.2 Å². The van der Waals surface area contributed by atoms with Gasteiger partial charge in [-0.15, -0.1) is 0 Å². The van der Waals surface area contributed by atoms with E-state index in [-0.39, 0.29) is 0 Å². The second-order valence-corrected chi connectivity index (χ2v) is 6.48. The standard InChI is InChI=1S/C20H16BrNO3/c1-25-19(24)8-7-15-9-17(21)10-18-20(15)16(13-23)12-22(18)11-14-5-3-2-4-6-14/h2-10,12-13H,11H2,1H3/b8-7+. The largest absolute Gasteiger partial charge is 0.466 e. The fourth-order valence-corrected chi connectivity index (χ4v) is 3.28. The average Bonchev–Trinajstić information content (AvgIpc) is 2.97. The summed E-state index contributed by atoms with van der Waals surface area (Å²) in [6.07, 6.45) is 5.70. The monoisotopic (exact) mass is 397 g/mol. The van der Waals surface area contributed by atoms with Crippen molar-refractivity contribution in [2.75, 3.05) is 7.11 Å². The van der Waals surface area contributed by atoms with E-state index in [0.29, 0.717) is 12.1 Å². The number of hydrogen-bond donors (Lipinski definition) is 0. The van der Waals surface area contributed by atoms with E-state index in [2.05, 4.69) is 20.7 Å². The Bertz CT molecular complexity index is 958. The summed E-state index contributed by atoms with van der Waals surface area (Å²) in [6, 6.07) is 13.9. The molecular weight excluding hydrogens is 382 g/mol. The van der Waals surface area contributed by atoms with Gasteiger partial charge in [-0.3, -0.25) is 4.79 Å². The minimum Gasteiger partial charge on any atom is -0.466 e. The first-order valence-electron chi connectivity index (χ1n) is 7.70. The molecule has 0 aliphatic heterocycles. The van der Waals surface area contributed by atoms with Gasteiger partial charge in [0.1, 0.15) is 0 Å². The number of carbonyl (C=O) groups is 2. The second-order valence-electron chi connectivity index (χ2n) is 5.56. The number of nitrogens with zero attached hydrogens (tertiary/aromatic N) is 1. The van der Waals surface area contributed by atoms with Gasteiger partial charge in [-0.1, -0.05) is 46.3 Å². The van der Waals surface area contributed by atoms with Crippen LogP contribution >= 0.6 is 15.9 Å². The van der Waals surface area contributed by atoms with Gasteiger partial charge in [-0.25, -0.2) is 4.79 Å². The number of benzene rings is 2. The first kappa shape index (κ1) is 17.2. The van der Waals surface area contributed by atoms with Gasteiger partial charge < -0.3 is 9.30 Å². The third-order valence-corrected chi connectivity index (χ3v) is 4.39. The van der Waals surface area contributed by atoms with Crippen molar-refractivity contribution in [3.05, 3.63) is 75.9 Å². The van der Waals surface area contributed by atoms with Gasteiger partial charge in [0.25, 0.3) is 0 Å². The highest BCUT2D eigenvalue weighted by molar-refractivity contribution is 9.10. The van der Waals surface area contributed by atoms with Crippen LogP contribution in [0.2, 0.25) is 0 Å². The summed E-state index contributed by atoms with van der Waals surface area (Å²) < 4.78 is 7.55. The van der Waals surface area contributed by atoms with Crippen molar-refractivity contribution < 1.29 is 14.3 Å². The summed E-state index contributed by atoms with van der Waals surface area (Å²) in [5.74, 6) is -0.440. The van der Waals surface area contributed by atoms with E-state index in [1.807, 2.05) is 53.2 Å². The molecule has 0 amide bonds. The molecular formula is C20H16BrNO3. The van der Waals surface area contributed by atoms with E-state index in [9.17, 15) is 9.59 Å². The van der Waals surface area contributed by atoms with Gasteiger partial charge in [0, 0.05) is 34.2 Å². The number of aromatic nitrogens is 1. The van der Waals surface area contributed by atoms with Gasteiger partial charge in [-0.05, 0) is 29.3 Å². The summed E-state index contributed by atoms with van der Waals surface area (Å²) in [7, 11) is 1.33. The van der Waals surface area contributed by atoms with Crippen molar-refractivity contribution in [2.24, 2.45) is 0 Å². The molecule has 0 bridgehead atoms. The Balaban J connectivity index is 2.14. The first-order valence-corrected chi connectivity index (χ1v) is 8.49. The molecule has 0 aliphatic rings. The number of hydrogen-bond acceptors (Lipinski definition) is 3. The molecule has 4 nitrogen and oxygen atoms in total. The number of methoxy groups -OCH3 is 1. The Labute approximate surface area is 153 Å². The van der Waals surface area contributed by atoms with Crippen LogP contribution in [0.5, 0.6) is 0 Å². The molecule has 1 aromatic heterocycles. The van der Waals surface area contributed by atoms with Crippen molar-refractivity contribution in [3.8, 4) is 0 Å². The average molecular weight is 398 g/mol. The van der Waals surface area contributed by atoms with Crippen molar-refractivity contribution in [3.63, 3.8) is 0 Å². The van der Waals surface area contributed by atoms with E-state index in [4.69, 9.17) is 0 Å². The fraction of sp³-hybridized carbons (Fsp3) is 0.100. The minimum atomic E-state index is -0.440. The Kier molecular flexibility index (Phi) is 5.14. The van der Waals surface area contributed by atoms with Crippen LogP contribution in [0.3, 0.4) is 0 Å². The fourth-order valence-electron chi connectivity index (χ4n) is 2.81. The van der Waals surface area contributed by atoms with Gasteiger partial charge >= 0.3 is 5.97 Å². The van der Waals surface area contributed by atoms with Crippen molar-refractivity contribution >= 4 is 45.2 Å². The zero-order valence-electron chi connectivity index (χ0n) is 13.6. The molecule has 5 heteroatoms. The van der Waals surface area contributed by atoms with Crippen LogP contribution in [-0.2, 0) is 16.1 Å². The number of aldehydes is 1. The second kappa shape index (κ2) is 7.49.